The van der Waals surface area contributed by atoms with E-state index >= 15 is 0 Å². The van der Waals surface area contributed by atoms with Gasteiger partial charge in [-0.3, -0.25) is 24.3 Å². The highest BCUT2D eigenvalue weighted by molar-refractivity contribution is 8.00. The number of nitrogens with one attached hydrogen (secondary N) is 1. The van der Waals surface area contributed by atoms with Gasteiger partial charge in [0.25, 0.3) is 11.2 Å². The molecule has 1 amide bonds. The Morgan fingerprint density at radius 3 is 2.81 bits per heavy atom. The smallest absolute Gasteiger partial charge is 0.271 e. The third-order valence-electron chi connectivity index (χ3n) is 4.68. The predicted octanol–water partition coefficient (Wildman–Crippen LogP) is 3.85. The number of aromatic nitrogens is 2. The number of non-ortho nitro benzene ring substituents is 1. The monoisotopic (exact) mass is 456 g/mol. The van der Waals surface area contributed by atoms with E-state index in [4.69, 9.17) is 4.74 Å². The fourth-order valence-corrected chi connectivity index (χ4v) is 3.99. The van der Waals surface area contributed by atoms with Crippen LogP contribution < -0.4 is 10.9 Å². The number of hydrogen-bond acceptors (Lipinski definition) is 7. The Morgan fingerprint density at radius 2 is 2.06 bits per heavy atom. The Bertz CT molecular complexity index is 1180. The van der Waals surface area contributed by atoms with Gasteiger partial charge in [-0.05, 0) is 38.5 Å². The van der Waals surface area contributed by atoms with Crippen molar-refractivity contribution in [2.24, 2.45) is 0 Å². The predicted molar refractivity (Wildman–Crippen MR) is 124 cm³/mol. The molecule has 10 heteroatoms. The van der Waals surface area contributed by atoms with Crippen molar-refractivity contribution in [1.29, 1.82) is 0 Å². The molecule has 9 nitrogen and oxygen atoms in total. The molecule has 1 unspecified atom stereocenters. The Kier molecular flexibility index (Phi) is 7.96. The number of nitrogens with zero attached hydrogens (tertiary/aromatic N) is 3. The second-order valence-corrected chi connectivity index (χ2v) is 8.28. The summed E-state index contributed by atoms with van der Waals surface area (Å²) in [6, 6.07) is 12.8. The van der Waals surface area contributed by atoms with Crippen molar-refractivity contribution in [3.8, 4) is 0 Å². The lowest BCUT2D eigenvalue weighted by Gasteiger charge is -2.16. The first-order chi connectivity index (χ1) is 15.4. The van der Waals surface area contributed by atoms with Gasteiger partial charge in [0.15, 0.2) is 5.16 Å². The number of ether oxygens (including phenoxy) is 1. The van der Waals surface area contributed by atoms with Gasteiger partial charge in [0.1, 0.15) is 0 Å². The van der Waals surface area contributed by atoms with Crippen LogP contribution in [0.2, 0.25) is 0 Å². The van der Waals surface area contributed by atoms with Gasteiger partial charge in [0.2, 0.25) is 5.91 Å². The molecule has 0 aliphatic carbocycles. The Balaban J connectivity index is 1.82. The molecule has 3 rings (SSSR count). The van der Waals surface area contributed by atoms with E-state index in [-0.39, 0.29) is 17.2 Å². The highest BCUT2D eigenvalue weighted by Crippen LogP contribution is 2.25. The third kappa shape index (κ3) is 5.71. The highest BCUT2D eigenvalue weighted by Gasteiger charge is 2.20. The highest BCUT2D eigenvalue weighted by atomic mass is 32.2. The number of nitro benzene ring substituents is 1. The minimum Gasteiger partial charge on any atom is -0.382 e. The number of thioether (sulfide) groups is 1. The standard InChI is InChI=1S/C22H24N4O5S/c1-3-31-13-7-12-25-21(28)18-10-4-5-11-19(18)24-22(25)32-15(2)20(27)23-16-8-6-9-17(14-16)26(29)30/h4-6,8-11,14-15H,3,7,12-13H2,1-2H3,(H,23,27). The summed E-state index contributed by atoms with van der Waals surface area (Å²) in [6.45, 7) is 5.14. The fourth-order valence-electron chi connectivity index (χ4n) is 3.06. The molecule has 0 spiro atoms. The van der Waals surface area contributed by atoms with Gasteiger partial charge >= 0.3 is 0 Å². The van der Waals surface area contributed by atoms with E-state index in [1.165, 1.54) is 30.0 Å². The summed E-state index contributed by atoms with van der Waals surface area (Å²) in [6.07, 6.45) is 0.635. The quantitative estimate of drug-likeness (QED) is 0.162. The molecule has 0 radical (unpaired) electrons. The zero-order valence-electron chi connectivity index (χ0n) is 17.8. The molecule has 0 fully saturated rings. The van der Waals surface area contributed by atoms with Crippen LogP contribution in [0.4, 0.5) is 11.4 Å². The lowest BCUT2D eigenvalue weighted by molar-refractivity contribution is -0.384. The van der Waals surface area contributed by atoms with Crippen molar-refractivity contribution < 1.29 is 14.5 Å². The van der Waals surface area contributed by atoms with E-state index in [0.29, 0.717) is 47.9 Å². The average molecular weight is 457 g/mol. The first kappa shape index (κ1) is 23.4. The van der Waals surface area contributed by atoms with Gasteiger partial charge in [-0.15, -0.1) is 0 Å². The van der Waals surface area contributed by atoms with E-state index in [1.54, 1.807) is 41.8 Å². The van der Waals surface area contributed by atoms with Crippen molar-refractivity contribution in [3.05, 3.63) is 69.0 Å². The van der Waals surface area contributed by atoms with E-state index in [1.807, 2.05) is 6.92 Å². The number of fused-ring (bicyclic) bond motifs is 1. The molecule has 0 aliphatic heterocycles. The van der Waals surface area contributed by atoms with Crippen LogP contribution in [-0.4, -0.2) is 38.8 Å². The van der Waals surface area contributed by atoms with Crippen LogP contribution in [0, 0.1) is 10.1 Å². The van der Waals surface area contributed by atoms with E-state index in [9.17, 15) is 19.7 Å². The number of rotatable bonds is 10. The van der Waals surface area contributed by atoms with Crippen LogP contribution in [0.1, 0.15) is 20.3 Å². The molecule has 1 N–H and O–H groups in total. The van der Waals surface area contributed by atoms with Gasteiger partial charge in [-0.2, -0.15) is 0 Å². The summed E-state index contributed by atoms with van der Waals surface area (Å²) in [7, 11) is 0. The normalized spacial score (nSPS) is 11.9. The number of carbonyl (C=O) groups excluding carboxylic acids is 1. The van der Waals surface area contributed by atoms with Crippen molar-refractivity contribution in [1.82, 2.24) is 9.55 Å². The van der Waals surface area contributed by atoms with E-state index in [0.717, 1.165) is 0 Å². The van der Waals surface area contributed by atoms with E-state index in [2.05, 4.69) is 10.3 Å². The molecule has 32 heavy (non-hydrogen) atoms. The molecule has 3 aromatic rings. The maximum Gasteiger partial charge on any atom is 0.271 e. The van der Waals surface area contributed by atoms with Crippen LogP contribution in [0.5, 0.6) is 0 Å². The number of nitro groups is 1. The summed E-state index contributed by atoms with van der Waals surface area (Å²) in [5.74, 6) is -0.348. The second-order valence-electron chi connectivity index (χ2n) is 6.98. The van der Waals surface area contributed by atoms with Crippen LogP contribution >= 0.6 is 11.8 Å². The molecule has 1 heterocycles. The zero-order valence-corrected chi connectivity index (χ0v) is 18.6. The molecule has 2 aromatic carbocycles. The summed E-state index contributed by atoms with van der Waals surface area (Å²) >= 11 is 1.17. The third-order valence-corrected chi connectivity index (χ3v) is 5.77. The van der Waals surface area contributed by atoms with Gasteiger partial charge in [0, 0.05) is 37.6 Å². The largest absolute Gasteiger partial charge is 0.382 e. The van der Waals surface area contributed by atoms with Crippen molar-refractivity contribution >= 4 is 39.9 Å². The van der Waals surface area contributed by atoms with Gasteiger partial charge in [0.05, 0.1) is 21.1 Å². The lowest BCUT2D eigenvalue weighted by Crippen LogP contribution is -2.27. The molecule has 0 aliphatic rings. The lowest BCUT2D eigenvalue weighted by atomic mass is 10.2. The zero-order chi connectivity index (χ0) is 23.1. The number of hydrogen-bond donors (Lipinski definition) is 1. The minimum atomic E-state index is -0.597. The van der Waals surface area contributed by atoms with Crippen LogP contribution in [0.3, 0.4) is 0 Å². The fraction of sp³-hybridized carbons (Fsp3) is 0.318. The van der Waals surface area contributed by atoms with Crippen molar-refractivity contribution in [2.45, 2.75) is 37.2 Å². The van der Waals surface area contributed by atoms with Gasteiger partial charge in [-0.25, -0.2) is 4.98 Å². The van der Waals surface area contributed by atoms with Crippen LogP contribution in [0.25, 0.3) is 10.9 Å². The number of anilines is 1. The molecular formula is C22H24N4O5S. The minimum absolute atomic E-state index is 0.109. The summed E-state index contributed by atoms with van der Waals surface area (Å²) in [5, 5.41) is 14.0. The van der Waals surface area contributed by atoms with Crippen LogP contribution in [0.15, 0.2) is 58.5 Å². The summed E-state index contributed by atoms with van der Waals surface area (Å²) < 4.78 is 6.95. The molecule has 0 bridgehead atoms. The molecule has 1 atom stereocenters. The summed E-state index contributed by atoms with van der Waals surface area (Å²) in [4.78, 5) is 40.8. The maximum absolute atomic E-state index is 13.1. The second kappa shape index (κ2) is 10.9. The van der Waals surface area contributed by atoms with Gasteiger partial charge in [-0.1, -0.05) is 30.0 Å². The van der Waals surface area contributed by atoms with Crippen LogP contribution in [-0.2, 0) is 16.1 Å². The van der Waals surface area contributed by atoms with Crippen molar-refractivity contribution in [2.75, 3.05) is 18.5 Å². The molecular weight excluding hydrogens is 432 g/mol. The number of benzene rings is 2. The number of para-hydroxylation sites is 1. The maximum atomic E-state index is 13.1. The number of amides is 1. The Labute approximate surface area is 189 Å². The van der Waals surface area contributed by atoms with Crippen molar-refractivity contribution in [3.63, 3.8) is 0 Å². The average Bonchev–Trinajstić information content (AvgIpc) is 2.78. The molecule has 0 saturated carbocycles. The summed E-state index contributed by atoms with van der Waals surface area (Å²) in [5.41, 5.74) is 0.618. The molecule has 0 saturated heterocycles. The number of carbonyl (C=O) groups is 1. The van der Waals surface area contributed by atoms with E-state index < -0.39 is 10.2 Å². The first-order valence-electron chi connectivity index (χ1n) is 10.2. The first-order valence-corrected chi connectivity index (χ1v) is 11.1. The van der Waals surface area contributed by atoms with Gasteiger partial charge < -0.3 is 10.1 Å². The topological polar surface area (TPSA) is 116 Å². The molecule has 1 aromatic heterocycles. The Morgan fingerprint density at radius 1 is 1.28 bits per heavy atom. The SMILES string of the molecule is CCOCCCn1c(SC(C)C(=O)Nc2cccc([N+](=O)[O-])c2)nc2ccccc2c1=O. The molecule has 168 valence electrons. The Hall–Kier alpha value is -3.24.